The van der Waals surface area contributed by atoms with Crippen LogP contribution in [0.1, 0.15) is 5.76 Å². The highest BCUT2D eigenvalue weighted by Crippen LogP contribution is 2.37. The Balaban J connectivity index is 1.61. The van der Waals surface area contributed by atoms with Crippen molar-refractivity contribution < 1.29 is 19.1 Å². The zero-order valence-corrected chi connectivity index (χ0v) is 16.2. The lowest BCUT2D eigenvalue weighted by Gasteiger charge is -2.12. The number of aromatic hydroxyl groups is 1. The van der Waals surface area contributed by atoms with Crippen molar-refractivity contribution in [2.75, 3.05) is 4.90 Å². The number of hydrogen-bond acceptors (Lipinski definition) is 5. The predicted molar refractivity (Wildman–Crippen MR) is 108 cm³/mol. The minimum absolute atomic E-state index is 0.0132. The first kappa shape index (κ1) is 17.6. The predicted octanol–water partition coefficient (Wildman–Crippen LogP) is 5.66. The fraction of sp³-hybridized carbons (Fsp3) is 0. The molecule has 0 saturated carbocycles. The van der Waals surface area contributed by atoms with E-state index in [9.17, 15) is 14.7 Å². The first-order valence-electron chi connectivity index (χ1n) is 7.94. The summed E-state index contributed by atoms with van der Waals surface area (Å²) in [5.41, 5.74) is 1.24. The molecule has 0 unspecified atom stereocenters. The van der Waals surface area contributed by atoms with Gasteiger partial charge in [0.2, 0.25) is 0 Å². The second-order valence-corrected chi connectivity index (χ2v) is 7.65. The molecule has 2 heterocycles. The average molecular weight is 442 g/mol. The molecule has 4 rings (SSSR count). The highest BCUT2D eigenvalue weighted by atomic mass is 79.9. The van der Waals surface area contributed by atoms with Gasteiger partial charge in [-0.15, -0.1) is 0 Å². The number of amides is 2. The third-order valence-corrected chi connectivity index (χ3v) is 5.31. The molecule has 1 aliphatic heterocycles. The minimum Gasteiger partial charge on any atom is -0.508 e. The van der Waals surface area contributed by atoms with Crippen LogP contribution < -0.4 is 4.90 Å². The number of halogens is 1. The van der Waals surface area contributed by atoms with Gasteiger partial charge in [-0.05, 0) is 48.2 Å². The maximum atomic E-state index is 12.6. The molecule has 27 heavy (non-hydrogen) atoms. The molecule has 1 aliphatic rings. The van der Waals surface area contributed by atoms with E-state index in [1.165, 1.54) is 12.1 Å². The van der Waals surface area contributed by atoms with E-state index in [0.29, 0.717) is 17.2 Å². The Bertz CT molecular complexity index is 1070. The molecular formula is C20H12BrNO4S. The smallest absolute Gasteiger partial charge is 0.298 e. The summed E-state index contributed by atoms with van der Waals surface area (Å²) in [5, 5.41) is 9.17. The largest absolute Gasteiger partial charge is 0.508 e. The van der Waals surface area contributed by atoms with Crippen LogP contribution in [0.3, 0.4) is 0 Å². The maximum absolute atomic E-state index is 12.6. The van der Waals surface area contributed by atoms with Crippen LogP contribution in [0.25, 0.3) is 17.4 Å². The number of imide groups is 1. The van der Waals surface area contributed by atoms with Crippen LogP contribution in [0, 0.1) is 0 Å². The SMILES string of the molecule is O=C1S/C(=C\c2ccc(-c3ccc(Br)cc3)o2)C(=O)N1c1cccc(O)c1. The number of thioether (sulfide) groups is 1. The van der Waals surface area contributed by atoms with Gasteiger partial charge in [0, 0.05) is 22.2 Å². The molecule has 7 heteroatoms. The molecule has 0 radical (unpaired) electrons. The average Bonchev–Trinajstić information content (AvgIpc) is 3.21. The standard InChI is InChI=1S/C20H12BrNO4S/c21-13-6-4-12(5-7-13)17-9-8-16(26-17)11-18-19(24)22(20(25)27-18)14-2-1-3-15(23)10-14/h1-11,23H/b18-11-. The first-order chi connectivity index (χ1) is 13.0. The molecule has 1 fully saturated rings. The van der Waals surface area contributed by atoms with Gasteiger partial charge in [0.25, 0.3) is 11.1 Å². The van der Waals surface area contributed by atoms with Gasteiger partial charge >= 0.3 is 0 Å². The lowest BCUT2D eigenvalue weighted by Crippen LogP contribution is -2.27. The quantitative estimate of drug-likeness (QED) is 0.531. The number of anilines is 1. The summed E-state index contributed by atoms with van der Waals surface area (Å²) < 4.78 is 6.76. The number of benzene rings is 2. The van der Waals surface area contributed by atoms with Crippen molar-refractivity contribution in [2.45, 2.75) is 0 Å². The van der Waals surface area contributed by atoms with Gasteiger partial charge in [-0.1, -0.05) is 34.1 Å². The summed E-state index contributed by atoms with van der Waals surface area (Å²) in [4.78, 5) is 26.2. The highest BCUT2D eigenvalue weighted by Gasteiger charge is 2.36. The van der Waals surface area contributed by atoms with Gasteiger partial charge < -0.3 is 9.52 Å². The van der Waals surface area contributed by atoms with Crippen LogP contribution in [-0.2, 0) is 4.79 Å². The van der Waals surface area contributed by atoms with Crippen molar-refractivity contribution >= 4 is 50.6 Å². The second-order valence-electron chi connectivity index (χ2n) is 5.75. The highest BCUT2D eigenvalue weighted by molar-refractivity contribution is 9.10. The molecule has 2 amide bonds. The maximum Gasteiger partial charge on any atom is 0.298 e. The van der Waals surface area contributed by atoms with Crippen molar-refractivity contribution in [3.63, 3.8) is 0 Å². The molecule has 3 aromatic rings. The monoisotopic (exact) mass is 441 g/mol. The summed E-state index contributed by atoms with van der Waals surface area (Å²) in [6, 6.07) is 17.3. The topological polar surface area (TPSA) is 70.8 Å². The van der Waals surface area contributed by atoms with Crippen LogP contribution in [0.4, 0.5) is 10.5 Å². The minimum atomic E-state index is -0.447. The molecule has 1 aromatic heterocycles. The van der Waals surface area contributed by atoms with Crippen molar-refractivity contribution in [1.82, 2.24) is 0 Å². The molecule has 134 valence electrons. The van der Waals surface area contributed by atoms with Crippen molar-refractivity contribution in [2.24, 2.45) is 0 Å². The number of nitrogens with zero attached hydrogens (tertiary/aromatic N) is 1. The van der Waals surface area contributed by atoms with Crippen LogP contribution in [0.5, 0.6) is 5.75 Å². The molecule has 0 atom stereocenters. The third-order valence-electron chi connectivity index (χ3n) is 3.91. The summed E-state index contributed by atoms with van der Waals surface area (Å²) in [7, 11) is 0. The Morgan fingerprint density at radius 2 is 1.81 bits per heavy atom. The van der Waals surface area contributed by atoms with E-state index in [1.54, 1.807) is 24.3 Å². The summed E-state index contributed by atoms with van der Waals surface area (Å²) in [6.45, 7) is 0. The normalized spacial score (nSPS) is 15.7. The van der Waals surface area contributed by atoms with Crippen molar-refractivity contribution in [3.05, 3.63) is 75.8 Å². The summed E-state index contributed by atoms with van der Waals surface area (Å²) in [6.07, 6.45) is 1.55. The van der Waals surface area contributed by atoms with E-state index in [2.05, 4.69) is 15.9 Å². The number of rotatable bonds is 3. The number of phenols is 1. The fourth-order valence-electron chi connectivity index (χ4n) is 2.65. The summed E-state index contributed by atoms with van der Waals surface area (Å²) in [5.74, 6) is 0.688. The summed E-state index contributed by atoms with van der Waals surface area (Å²) >= 11 is 4.23. The Kier molecular flexibility index (Phi) is 4.63. The molecule has 0 spiro atoms. The Morgan fingerprint density at radius 1 is 1.04 bits per heavy atom. The van der Waals surface area contributed by atoms with Gasteiger partial charge in [-0.3, -0.25) is 9.59 Å². The van der Waals surface area contributed by atoms with Gasteiger partial charge in [0.15, 0.2) is 0 Å². The van der Waals surface area contributed by atoms with Gasteiger partial charge in [-0.25, -0.2) is 4.90 Å². The number of carbonyl (C=O) groups is 2. The van der Waals surface area contributed by atoms with Gasteiger partial charge in [0.05, 0.1) is 10.6 Å². The van der Waals surface area contributed by atoms with Crippen molar-refractivity contribution in [3.8, 4) is 17.1 Å². The number of furan rings is 1. The van der Waals surface area contributed by atoms with Gasteiger partial charge in [0.1, 0.15) is 17.3 Å². The molecule has 0 bridgehead atoms. The number of phenolic OH excluding ortho intramolecular Hbond substituents is 1. The van der Waals surface area contributed by atoms with Crippen LogP contribution in [0.2, 0.25) is 0 Å². The van der Waals surface area contributed by atoms with E-state index >= 15 is 0 Å². The molecule has 0 aliphatic carbocycles. The Morgan fingerprint density at radius 3 is 2.56 bits per heavy atom. The first-order valence-corrected chi connectivity index (χ1v) is 9.55. The molecule has 1 saturated heterocycles. The van der Waals surface area contributed by atoms with Crippen LogP contribution in [-0.4, -0.2) is 16.3 Å². The van der Waals surface area contributed by atoms with Crippen LogP contribution in [0.15, 0.2) is 74.5 Å². The van der Waals surface area contributed by atoms with E-state index in [0.717, 1.165) is 26.7 Å². The molecule has 5 nitrogen and oxygen atoms in total. The third kappa shape index (κ3) is 3.56. The second kappa shape index (κ2) is 7.09. The lowest BCUT2D eigenvalue weighted by atomic mass is 10.2. The van der Waals surface area contributed by atoms with Crippen LogP contribution >= 0.6 is 27.7 Å². The fourth-order valence-corrected chi connectivity index (χ4v) is 3.74. The van der Waals surface area contributed by atoms with Gasteiger partial charge in [-0.2, -0.15) is 0 Å². The Hall–Kier alpha value is -2.77. The van der Waals surface area contributed by atoms with Crippen molar-refractivity contribution in [1.29, 1.82) is 0 Å². The lowest BCUT2D eigenvalue weighted by molar-refractivity contribution is -0.113. The molecule has 2 aromatic carbocycles. The molecule has 1 N–H and O–H groups in total. The zero-order chi connectivity index (χ0) is 19.0. The molecular weight excluding hydrogens is 430 g/mol. The Labute approximate surface area is 167 Å². The number of carbonyl (C=O) groups excluding carboxylic acids is 2. The van der Waals surface area contributed by atoms with E-state index in [4.69, 9.17) is 4.42 Å². The van der Waals surface area contributed by atoms with E-state index in [-0.39, 0.29) is 10.7 Å². The zero-order valence-electron chi connectivity index (χ0n) is 13.8. The van der Waals surface area contributed by atoms with E-state index in [1.807, 2.05) is 30.3 Å². The van der Waals surface area contributed by atoms with E-state index < -0.39 is 11.1 Å². The number of hydrogen-bond donors (Lipinski definition) is 1.